The summed E-state index contributed by atoms with van der Waals surface area (Å²) in [4.78, 5) is 18.7. The van der Waals surface area contributed by atoms with E-state index in [1.165, 1.54) is 35.2 Å². The van der Waals surface area contributed by atoms with E-state index in [9.17, 15) is 4.79 Å². The van der Waals surface area contributed by atoms with E-state index in [2.05, 4.69) is 4.98 Å². The summed E-state index contributed by atoms with van der Waals surface area (Å²) < 4.78 is 1.80. The van der Waals surface area contributed by atoms with Crippen LogP contribution in [0.5, 0.6) is 0 Å². The Bertz CT molecular complexity index is 600. The monoisotopic (exact) mass is 252 g/mol. The largest absolute Gasteiger partial charge is 0.269 e. The Kier molecular flexibility index (Phi) is 2.52. The number of rotatable bonds is 1. The number of aromatic nitrogens is 2. The highest BCUT2D eigenvalue weighted by Gasteiger charge is 2.18. The van der Waals surface area contributed by atoms with Crippen molar-refractivity contribution in [1.82, 2.24) is 9.38 Å². The van der Waals surface area contributed by atoms with Crippen molar-refractivity contribution in [2.24, 2.45) is 0 Å². The predicted molar refractivity (Wildman–Crippen MR) is 67.8 cm³/mol. The van der Waals surface area contributed by atoms with Gasteiger partial charge in [0.25, 0.3) is 5.56 Å². The summed E-state index contributed by atoms with van der Waals surface area (Å²) in [5.74, 6) is 0. The first-order chi connectivity index (χ1) is 7.79. The van der Waals surface area contributed by atoms with Crippen molar-refractivity contribution >= 4 is 28.1 Å². The summed E-state index contributed by atoms with van der Waals surface area (Å²) in [6.45, 7) is 0. The van der Waals surface area contributed by atoms with Gasteiger partial charge >= 0.3 is 0 Å². The lowest BCUT2D eigenvalue weighted by atomic mass is 10.0. The Morgan fingerprint density at radius 1 is 1.44 bits per heavy atom. The Labute approximate surface area is 102 Å². The molecule has 0 saturated heterocycles. The van der Waals surface area contributed by atoms with Gasteiger partial charge in [-0.2, -0.15) is 0 Å². The van der Waals surface area contributed by atoms with Gasteiger partial charge in [-0.1, -0.05) is 0 Å². The Balaban J connectivity index is 2.34. The summed E-state index contributed by atoms with van der Waals surface area (Å²) >= 11 is 3.21. The number of aryl methyl sites for hydroxylation is 2. The number of nitrogens with zero attached hydrogens (tertiary/aromatic N) is 2. The van der Waals surface area contributed by atoms with E-state index in [0.717, 1.165) is 22.8 Å². The van der Waals surface area contributed by atoms with Crippen molar-refractivity contribution in [3.05, 3.63) is 27.0 Å². The van der Waals surface area contributed by atoms with E-state index >= 15 is 0 Å². The minimum atomic E-state index is 0.0775. The summed E-state index contributed by atoms with van der Waals surface area (Å²) in [5.41, 5.74) is 1.28. The Morgan fingerprint density at radius 2 is 2.25 bits per heavy atom. The van der Waals surface area contributed by atoms with E-state index < -0.39 is 0 Å². The van der Waals surface area contributed by atoms with Gasteiger partial charge in [-0.15, -0.1) is 23.1 Å². The van der Waals surface area contributed by atoms with E-state index in [0.29, 0.717) is 0 Å². The maximum Gasteiger partial charge on any atom is 0.259 e. The molecule has 0 aromatic carbocycles. The Hall–Kier alpha value is -0.810. The van der Waals surface area contributed by atoms with Crippen LogP contribution < -0.4 is 5.56 Å². The third-order valence-corrected chi connectivity index (χ3v) is 4.72. The normalized spacial score (nSPS) is 15.3. The highest BCUT2D eigenvalue weighted by Crippen LogP contribution is 2.28. The van der Waals surface area contributed by atoms with Gasteiger partial charge in [-0.25, -0.2) is 4.98 Å². The fraction of sp³-hybridized carbons (Fsp3) is 0.455. The molecule has 84 valence electrons. The number of fused-ring (bicyclic) bond motifs is 3. The average molecular weight is 252 g/mol. The molecule has 1 aliphatic rings. The standard InChI is InChI=1S/C11H12N2OS2/c1-15-9-6-10(14)13-7-4-2-3-5-8(7)16-11(13)12-9/h6H,2-5H2,1H3. The summed E-state index contributed by atoms with van der Waals surface area (Å²) in [6.07, 6.45) is 6.51. The predicted octanol–water partition coefficient (Wildman–Crippen LogP) is 2.36. The van der Waals surface area contributed by atoms with Gasteiger partial charge in [0.2, 0.25) is 0 Å². The second kappa shape index (κ2) is 3.89. The molecule has 0 atom stereocenters. The number of thiazole rings is 1. The SMILES string of the molecule is CSc1cc(=O)n2c3c(sc2n1)CCCC3. The van der Waals surface area contributed by atoms with Gasteiger partial charge < -0.3 is 0 Å². The molecule has 3 rings (SSSR count). The van der Waals surface area contributed by atoms with Crippen LogP contribution in [-0.2, 0) is 12.8 Å². The minimum absolute atomic E-state index is 0.0775. The highest BCUT2D eigenvalue weighted by molar-refractivity contribution is 7.98. The van der Waals surface area contributed by atoms with Crippen LogP contribution in [0.1, 0.15) is 23.4 Å². The zero-order valence-corrected chi connectivity index (χ0v) is 10.7. The lowest BCUT2D eigenvalue weighted by Gasteiger charge is -2.09. The fourth-order valence-corrected chi connectivity index (χ4v) is 3.85. The molecule has 0 aliphatic heterocycles. The lowest BCUT2D eigenvalue weighted by Crippen LogP contribution is -2.16. The third-order valence-electron chi connectivity index (χ3n) is 2.95. The molecular weight excluding hydrogens is 240 g/mol. The van der Waals surface area contributed by atoms with Crippen LogP contribution in [0.15, 0.2) is 15.9 Å². The molecule has 0 N–H and O–H groups in total. The number of thioether (sulfide) groups is 1. The molecule has 16 heavy (non-hydrogen) atoms. The Morgan fingerprint density at radius 3 is 3.06 bits per heavy atom. The lowest BCUT2D eigenvalue weighted by molar-refractivity contribution is 0.669. The van der Waals surface area contributed by atoms with Crippen molar-refractivity contribution in [1.29, 1.82) is 0 Å². The molecule has 2 aromatic heterocycles. The molecule has 2 heterocycles. The van der Waals surface area contributed by atoms with Crippen LogP contribution in [-0.4, -0.2) is 15.6 Å². The van der Waals surface area contributed by atoms with Gasteiger partial charge in [0.05, 0.1) is 0 Å². The molecule has 5 heteroatoms. The van der Waals surface area contributed by atoms with Crippen LogP contribution in [0, 0.1) is 0 Å². The molecule has 0 saturated carbocycles. The van der Waals surface area contributed by atoms with Crippen LogP contribution in [0.4, 0.5) is 0 Å². The zero-order valence-electron chi connectivity index (χ0n) is 9.02. The molecule has 0 fully saturated rings. The third kappa shape index (κ3) is 1.50. The summed E-state index contributed by atoms with van der Waals surface area (Å²) in [6, 6.07) is 1.64. The van der Waals surface area contributed by atoms with Crippen LogP contribution in [0.2, 0.25) is 0 Å². The topological polar surface area (TPSA) is 34.4 Å². The highest BCUT2D eigenvalue weighted by atomic mass is 32.2. The minimum Gasteiger partial charge on any atom is -0.269 e. The molecule has 3 nitrogen and oxygen atoms in total. The summed E-state index contributed by atoms with van der Waals surface area (Å²) in [7, 11) is 0. The quantitative estimate of drug-likeness (QED) is 0.577. The van der Waals surface area contributed by atoms with Gasteiger partial charge in [0.1, 0.15) is 5.03 Å². The van der Waals surface area contributed by atoms with Gasteiger partial charge in [-0.05, 0) is 31.9 Å². The second-order valence-corrected chi connectivity index (χ2v) is 5.82. The molecular formula is C11H12N2OS2. The zero-order chi connectivity index (χ0) is 11.1. The molecule has 0 radical (unpaired) electrons. The van der Waals surface area contributed by atoms with Crippen LogP contribution >= 0.6 is 23.1 Å². The van der Waals surface area contributed by atoms with E-state index in [1.807, 2.05) is 6.26 Å². The molecule has 0 spiro atoms. The van der Waals surface area contributed by atoms with Gasteiger partial charge in [-0.3, -0.25) is 9.20 Å². The molecule has 1 aliphatic carbocycles. The van der Waals surface area contributed by atoms with Crippen molar-refractivity contribution in [3.63, 3.8) is 0 Å². The van der Waals surface area contributed by atoms with Gasteiger partial charge in [0.15, 0.2) is 4.96 Å². The smallest absolute Gasteiger partial charge is 0.259 e. The van der Waals surface area contributed by atoms with Crippen LogP contribution in [0.25, 0.3) is 4.96 Å². The van der Waals surface area contributed by atoms with E-state index in [-0.39, 0.29) is 5.56 Å². The average Bonchev–Trinajstić information content (AvgIpc) is 2.67. The van der Waals surface area contributed by atoms with E-state index in [4.69, 9.17) is 0 Å². The van der Waals surface area contributed by atoms with Crippen molar-refractivity contribution < 1.29 is 0 Å². The van der Waals surface area contributed by atoms with Crippen LogP contribution in [0.3, 0.4) is 0 Å². The summed E-state index contributed by atoms with van der Waals surface area (Å²) in [5, 5.41) is 0.823. The fourth-order valence-electron chi connectivity index (χ4n) is 2.18. The number of hydrogen-bond acceptors (Lipinski definition) is 4. The van der Waals surface area contributed by atoms with Gasteiger partial charge in [0, 0.05) is 16.6 Å². The molecule has 0 unspecified atom stereocenters. The first-order valence-electron chi connectivity index (χ1n) is 5.38. The van der Waals surface area contributed by atoms with Crippen molar-refractivity contribution in [2.45, 2.75) is 30.7 Å². The number of hydrogen-bond donors (Lipinski definition) is 0. The maximum atomic E-state index is 12.0. The van der Waals surface area contributed by atoms with Crippen molar-refractivity contribution in [2.75, 3.05) is 6.26 Å². The maximum absolute atomic E-state index is 12.0. The molecule has 2 aromatic rings. The van der Waals surface area contributed by atoms with Crippen molar-refractivity contribution in [3.8, 4) is 0 Å². The first kappa shape index (κ1) is 10.4. The molecule has 0 bridgehead atoms. The second-order valence-electron chi connectivity index (χ2n) is 3.93. The first-order valence-corrected chi connectivity index (χ1v) is 7.42. The van der Waals surface area contributed by atoms with E-state index in [1.54, 1.807) is 21.8 Å². The molecule has 0 amide bonds.